The van der Waals surface area contributed by atoms with E-state index in [0.717, 1.165) is 0 Å². The van der Waals surface area contributed by atoms with Crippen molar-refractivity contribution < 1.29 is 137 Å². The lowest BCUT2D eigenvalue weighted by Crippen LogP contribution is -1.98. The van der Waals surface area contributed by atoms with Crippen LogP contribution in [0.4, 0.5) is 0 Å². The number of aromatic hydroxyl groups is 26. The van der Waals surface area contributed by atoms with E-state index in [1.54, 1.807) is 0 Å². The Labute approximate surface area is 373 Å². The number of hydrogen-bond donors (Lipinski definition) is 26. The Morgan fingerprint density at radius 1 is 0.130 bits per heavy atom. The van der Waals surface area contributed by atoms with Crippen LogP contribution < -0.4 is 0 Å². The van der Waals surface area contributed by atoms with Gasteiger partial charge in [0.1, 0.15) is 5.75 Å². The smallest absolute Gasteiger partial charge is 0.208 e. The molecular weight excluding hydrogens is 936 g/mol. The molecule has 0 spiro atoms. The highest BCUT2D eigenvalue weighted by atomic mass is 16.4. The van der Waals surface area contributed by atoms with Crippen LogP contribution in [0.2, 0.25) is 0 Å². The highest BCUT2D eigenvalue weighted by Gasteiger charge is 2.41. The van der Waals surface area contributed by atoms with Crippen LogP contribution in [0.1, 0.15) is 0 Å². The van der Waals surface area contributed by atoms with Crippen molar-refractivity contribution in [3.63, 3.8) is 0 Å². The number of hydrogen-bond acceptors (Lipinski definition) is 27. The van der Waals surface area contributed by atoms with Gasteiger partial charge in [0, 0.05) is 54.6 Å². The lowest BCUT2D eigenvalue weighted by Gasteiger charge is -2.25. The topological polar surface area (TPSA) is 539 Å². The fourth-order valence-electron chi connectivity index (χ4n) is 8.55. The van der Waals surface area contributed by atoms with Gasteiger partial charge in [0.05, 0.1) is 21.9 Å². The lowest BCUT2D eigenvalue weighted by molar-refractivity contribution is 0.329. The summed E-state index contributed by atoms with van der Waals surface area (Å²) in [6.45, 7) is 0. The summed E-state index contributed by atoms with van der Waals surface area (Å²) >= 11 is 0. The van der Waals surface area contributed by atoms with Crippen molar-refractivity contribution >= 4 is 54.3 Å². The maximum atomic E-state index is 12.1. The van der Waals surface area contributed by atoms with Crippen LogP contribution in [-0.4, -0.2) is 133 Å². The second-order valence-electron chi connectivity index (χ2n) is 15.1. The van der Waals surface area contributed by atoms with E-state index in [2.05, 4.69) is 0 Å². The minimum Gasteiger partial charge on any atom is -0.506 e. The van der Waals surface area contributed by atoms with Crippen LogP contribution in [-0.2, 0) is 0 Å². The molecule has 0 saturated carbocycles. The zero-order valence-corrected chi connectivity index (χ0v) is 33.0. The van der Waals surface area contributed by atoms with E-state index >= 15 is 0 Å². The average molecular weight is 963 g/mol. The first kappa shape index (κ1) is 43.4. The predicted molar refractivity (Wildman–Crippen MR) is 226 cm³/mol. The maximum Gasteiger partial charge on any atom is 0.208 e. The van der Waals surface area contributed by atoms with E-state index in [1.165, 1.54) is 0 Å². The highest BCUT2D eigenvalue weighted by molar-refractivity contribution is 6.34. The molecule has 1 heterocycles. The Kier molecular flexibility index (Phi) is 8.40. The van der Waals surface area contributed by atoms with Gasteiger partial charge in [-0.05, 0) is 0 Å². The number of phenolic OH excluding ortho intramolecular Hbond substituents is 26. The molecule has 0 aliphatic heterocycles. The molecule has 0 atom stereocenters. The van der Waals surface area contributed by atoms with Gasteiger partial charge in [-0.1, -0.05) is 0 Å². The molecule has 8 aromatic carbocycles. The van der Waals surface area contributed by atoms with Crippen molar-refractivity contribution in [2.24, 2.45) is 0 Å². The summed E-state index contributed by atoms with van der Waals surface area (Å²) in [5, 5.41) is 279. The molecule has 0 amide bonds. The molecule has 0 unspecified atom stereocenters. The van der Waals surface area contributed by atoms with Gasteiger partial charge in [-0.25, -0.2) is 0 Å². The minimum atomic E-state index is -1.88. The molecule has 9 rings (SSSR count). The van der Waals surface area contributed by atoms with Gasteiger partial charge in [-0.3, -0.25) is 0 Å². The molecule has 0 bridgehead atoms. The number of fused-ring (bicyclic) bond motifs is 6. The quantitative estimate of drug-likeness (QED) is 0.0663. The van der Waals surface area contributed by atoms with Crippen LogP contribution in [0.15, 0.2) is 4.42 Å². The second-order valence-corrected chi connectivity index (χ2v) is 15.1. The first-order valence-corrected chi connectivity index (χ1v) is 18.5. The fraction of sp³-hybridized carbons (Fsp3) is 0. The standard InChI is InChI=1S/C42H26O27/c43-15-11(26(54)39(67)41-13(15)14-27(55)36(64)38(66)40(68)42(14)69-41)2-6-3(18(46)28(56)30(58)20(6)48)1(4-7(2)21(49)31(59)29(57)19(4)47)5-8-9(23(51)33(61)32(60)22(8)50)10(17(45)16(5)44)12-24(52)34(62)37(65)35(63)25(12)53/h43-68H. The third-order valence-electron chi connectivity index (χ3n) is 11.7. The van der Waals surface area contributed by atoms with Gasteiger partial charge < -0.3 is 137 Å². The second kappa shape index (κ2) is 13.4. The first-order chi connectivity index (χ1) is 32.2. The van der Waals surface area contributed by atoms with Crippen molar-refractivity contribution in [3.8, 4) is 183 Å². The van der Waals surface area contributed by atoms with E-state index in [9.17, 15) is 133 Å². The van der Waals surface area contributed by atoms with Crippen molar-refractivity contribution in [3.05, 3.63) is 0 Å². The summed E-state index contributed by atoms with van der Waals surface area (Å²) in [5.41, 5.74) is -10.9. The molecule has 0 aliphatic carbocycles. The molecule has 0 aliphatic rings. The van der Waals surface area contributed by atoms with Gasteiger partial charge in [0.2, 0.25) is 74.7 Å². The molecule has 0 radical (unpaired) electrons. The zero-order valence-electron chi connectivity index (χ0n) is 33.0. The van der Waals surface area contributed by atoms with Gasteiger partial charge in [0.25, 0.3) is 0 Å². The van der Waals surface area contributed by atoms with Crippen molar-refractivity contribution in [2.75, 3.05) is 0 Å². The zero-order chi connectivity index (χ0) is 51.0. The van der Waals surface area contributed by atoms with Crippen LogP contribution in [0.5, 0.6) is 149 Å². The fourth-order valence-corrected chi connectivity index (χ4v) is 8.55. The Bertz CT molecular complexity index is 3850. The highest BCUT2D eigenvalue weighted by Crippen LogP contribution is 2.70. The van der Waals surface area contributed by atoms with Crippen LogP contribution >= 0.6 is 0 Å². The monoisotopic (exact) mass is 962 g/mol. The molecule has 69 heavy (non-hydrogen) atoms. The number of furan rings is 1. The number of phenols is 26. The van der Waals surface area contributed by atoms with Crippen LogP contribution in [0.25, 0.3) is 87.6 Å². The molecule has 0 saturated heterocycles. The molecule has 26 N–H and O–H groups in total. The van der Waals surface area contributed by atoms with E-state index < -0.39 is 237 Å². The van der Waals surface area contributed by atoms with Gasteiger partial charge in [0.15, 0.2) is 80.2 Å². The Balaban J connectivity index is 1.65. The molecule has 9 aromatic rings. The van der Waals surface area contributed by atoms with Crippen molar-refractivity contribution in [1.82, 2.24) is 0 Å². The Morgan fingerprint density at radius 2 is 0.304 bits per heavy atom. The number of benzene rings is 8. The van der Waals surface area contributed by atoms with Gasteiger partial charge in [-0.2, -0.15) is 0 Å². The first-order valence-electron chi connectivity index (χ1n) is 18.5. The molecule has 1 aromatic heterocycles. The maximum absolute atomic E-state index is 12.1. The summed E-state index contributed by atoms with van der Waals surface area (Å²) in [7, 11) is 0. The average Bonchev–Trinajstić information content (AvgIpc) is 3.74. The van der Waals surface area contributed by atoms with E-state index in [0.29, 0.717) is 0 Å². The summed E-state index contributed by atoms with van der Waals surface area (Å²) < 4.78 is 5.29. The van der Waals surface area contributed by atoms with E-state index in [-0.39, 0.29) is 0 Å². The van der Waals surface area contributed by atoms with E-state index in [1.807, 2.05) is 0 Å². The Hall–Kier alpha value is -10.9. The third-order valence-corrected chi connectivity index (χ3v) is 11.7. The van der Waals surface area contributed by atoms with Crippen molar-refractivity contribution in [2.45, 2.75) is 0 Å². The van der Waals surface area contributed by atoms with Crippen LogP contribution in [0.3, 0.4) is 0 Å². The molecule has 27 nitrogen and oxygen atoms in total. The minimum absolute atomic E-state index is 0.991. The van der Waals surface area contributed by atoms with Gasteiger partial charge in [-0.15, -0.1) is 0 Å². The summed E-state index contributed by atoms with van der Waals surface area (Å²) in [4.78, 5) is 0. The SMILES string of the molecule is Oc1c(O)c(O)c(-c2c(O)c(O)c(-c3c4c(O)c(O)c(O)c(O)c4c(-c4c(O)c(O)c5oc6c(O)c(O)c(O)c(O)c6c5c4O)c4c(O)c(O)c(O)c(O)c34)c3c(O)c(O)c(O)c(O)c23)c(O)c1O. The lowest BCUT2D eigenvalue weighted by atomic mass is 9.80. The largest absolute Gasteiger partial charge is 0.506 e. The van der Waals surface area contributed by atoms with E-state index in [4.69, 9.17) is 4.42 Å². The van der Waals surface area contributed by atoms with Crippen molar-refractivity contribution in [1.29, 1.82) is 0 Å². The third kappa shape index (κ3) is 4.86. The molecule has 27 heteroatoms. The number of rotatable bonds is 3. The molecule has 356 valence electrons. The molecular formula is C42H26O27. The summed E-state index contributed by atoms with van der Waals surface area (Å²) in [6.07, 6.45) is 0. The summed E-state index contributed by atoms with van der Waals surface area (Å²) in [6, 6.07) is 0. The van der Waals surface area contributed by atoms with Crippen LogP contribution in [0, 0.1) is 0 Å². The van der Waals surface area contributed by atoms with Gasteiger partial charge >= 0.3 is 0 Å². The predicted octanol–water partition coefficient (Wildman–Crippen LogP) is 4.39. The summed E-state index contributed by atoms with van der Waals surface area (Å²) in [5.74, 6) is -43.9. The normalized spacial score (nSPS) is 11.8. The molecule has 0 fully saturated rings. The Morgan fingerprint density at radius 3 is 0.652 bits per heavy atom.